The summed E-state index contributed by atoms with van der Waals surface area (Å²) < 4.78 is 26.1. The molecule has 3 fully saturated rings. The predicted octanol–water partition coefficient (Wildman–Crippen LogP) is 0.396. The van der Waals surface area contributed by atoms with E-state index in [-0.39, 0.29) is 12.3 Å². The van der Waals surface area contributed by atoms with Gasteiger partial charge in [0.2, 0.25) is 5.91 Å². The van der Waals surface area contributed by atoms with Crippen LogP contribution in [0.2, 0.25) is 0 Å². The molecule has 0 bridgehead atoms. The molecule has 0 aliphatic carbocycles. The highest BCUT2D eigenvalue weighted by Gasteiger charge is 2.62. The van der Waals surface area contributed by atoms with Crippen molar-refractivity contribution in [2.45, 2.75) is 18.9 Å². The van der Waals surface area contributed by atoms with E-state index in [1.807, 2.05) is 0 Å². The molecular weight excluding hydrogens is 310 g/mol. The van der Waals surface area contributed by atoms with E-state index in [1.54, 1.807) is 0 Å². The van der Waals surface area contributed by atoms with Crippen molar-refractivity contribution in [2.75, 3.05) is 26.4 Å². The molecule has 1 spiro atoms. The Bertz CT molecular complexity index is 398. The first kappa shape index (κ1) is 14.5. The van der Waals surface area contributed by atoms with Gasteiger partial charge in [-0.15, -0.1) is 0 Å². The number of carbonyl (C=O) groups is 2. The van der Waals surface area contributed by atoms with E-state index in [4.69, 9.17) is 22.6 Å². The van der Waals surface area contributed by atoms with Gasteiger partial charge in [-0.3, -0.25) is 9.88 Å². The van der Waals surface area contributed by atoms with Gasteiger partial charge >= 0.3 is 14.1 Å². The fourth-order valence-electron chi connectivity index (χ4n) is 1.89. The number of hydrogen-bond acceptors (Lipinski definition) is 8. The summed E-state index contributed by atoms with van der Waals surface area (Å²) in [6.45, 7) is 1.79. The van der Waals surface area contributed by atoms with Gasteiger partial charge in [0.05, 0.1) is 13.2 Å². The van der Waals surface area contributed by atoms with Gasteiger partial charge in [0, 0.05) is 6.42 Å². The van der Waals surface area contributed by atoms with Crippen LogP contribution in [0.1, 0.15) is 12.8 Å². The van der Waals surface area contributed by atoms with E-state index in [0.717, 1.165) is 0 Å². The summed E-state index contributed by atoms with van der Waals surface area (Å²) in [7, 11) is -3.99. The molecule has 11 heteroatoms. The Morgan fingerprint density at radius 1 is 1.30 bits per heavy atom. The molecule has 112 valence electrons. The van der Waals surface area contributed by atoms with Crippen LogP contribution in [0.15, 0.2) is 0 Å². The molecule has 2 N–H and O–H groups in total. The van der Waals surface area contributed by atoms with Crippen molar-refractivity contribution in [1.82, 2.24) is 10.2 Å². The topological polar surface area (TPSA) is 104 Å². The van der Waals surface area contributed by atoms with Gasteiger partial charge in [-0.1, -0.05) is 5.09 Å². The monoisotopic (exact) mass is 325 g/mol. The molecule has 9 nitrogen and oxygen atoms in total. The Labute approximate surface area is 117 Å². The average Bonchev–Trinajstić information content (AvgIpc) is 3.12. The average molecular weight is 325 g/mol. The summed E-state index contributed by atoms with van der Waals surface area (Å²) >= 11 is 0. The van der Waals surface area contributed by atoms with Crippen LogP contribution < -0.4 is 10.2 Å². The molecule has 3 heterocycles. The lowest BCUT2D eigenvalue weighted by atomic mass is 10.2. The van der Waals surface area contributed by atoms with Crippen LogP contribution in [0.3, 0.4) is 0 Å². The van der Waals surface area contributed by atoms with Crippen molar-refractivity contribution in [3.8, 4) is 0 Å². The second-order valence-corrected chi connectivity index (χ2v) is 7.46. The van der Waals surface area contributed by atoms with Crippen LogP contribution in [0.25, 0.3) is 0 Å². The van der Waals surface area contributed by atoms with Gasteiger partial charge in [-0.05, 0) is 6.42 Å². The minimum absolute atomic E-state index is 0.165. The maximum atomic E-state index is 11.7. The molecular formula is C9H15N2O7P2+. The Kier molecular flexibility index (Phi) is 4.47. The van der Waals surface area contributed by atoms with Gasteiger partial charge in [0.15, 0.2) is 6.04 Å². The quantitative estimate of drug-likeness (QED) is 0.716. The first-order valence-corrected chi connectivity index (χ1v) is 8.94. The molecule has 3 saturated heterocycles. The van der Waals surface area contributed by atoms with Gasteiger partial charge in [-0.2, -0.15) is 9.05 Å². The fourth-order valence-corrected chi connectivity index (χ4v) is 4.88. The van der Waals surface area contributed by atoms with Gasteiger partial charge in [-0.25, -0.2) is 9.32 Å². The largest absolute Gasteiger partial charge is 0.550 e. The van der Waals surface area contributed by atoms with E-state index in [2.05, 4.69) is 10.2 Å². The van der Waals surface area contributed by atoms with Gasteiger partial charge in [0.25, 0.3) is 8.53 Å². The lowest BCUT2D eigenvalue weighted by Crippen LogP contribution is -2.29. The minimum Gasteiger partial charge on any atom is -0.315 e. The van der Waals surface area contributed by atoms with Gasteiger partial charge < -0.3 is 9.05 Å². The van der Waals surface area contributed by atoms with E-state index in [0.29, 0.717) is 32.8 Å². The second-order valence-electron chi connectivity index (χ2n) is 4.25. The fraction of sp³-hybridized carbons (Fsp3) is 0.778. The molecule has 0 aromatic rings. The normalized spacial score (nSPS) is 29.0. The molecule has 0 aromatic heterocycles. The molecule has 0 radical (unpaired) electrons. The Morgan fingerprint density at radius 3 is 2.70 bits per heavy atom. The van der Waals surface area contributed by atoms with Crippen LogP contribution in [0.4, 0.5) is 0 Å². The zero-order chi connectivity index (χ0) is 14.0. The maximum Gasteiger partial charge on any atom is 0.550 e. The highest BCUT2D eigenvalue weighted by atomic mass is 31.2. The van der Waals surface area contributed by atoms with E-state index in [9.17, 15) is 9.59 Å². The van der Waals surface area contributed by atoms with Crippen molar-refractivity contribution >= 4 is 28.5 Å². The standard InChI is InChI=1S/C9H14N2O7P2/c12-8(10-19-14-3-4-15-19)2-1-7-9(13)18-20(11-7)16-5-6-17-20/h7,11H,1-6H2/p+1/t7-/m0/s1. The Balaban J connectivity index is 1.43. The van der Waals surface area contributed by atoms with Crippen LogP contribution in [-0.2, 0) is 32.2 Å². The summed E-state index contributed by atoms with van der Waals surface area (Å²) in [4.78, 5) is 23.4. The third-order valence-corrected chi connectivity index (χ3v) is 6.15. The smallest absolute Gasteiger partial charge is 0.315 e. The number of carbonyl (C=O) groups excluding carboxylic acids is 2. The SMILES string of the molecule is O=C(CC[C@@H]1N[P+]2(OCCO2)OC1=O)NP1OCCO1. The predicted molar refractivity (Wildman–Crippen MR) is 68.0 cm³/mol. The second kappa shape index (κ2) is 6.15. The van der Waals surface area contributed by atoms with Crippen molar-refractivity contribution in [3.05, 3.63) is 0 Å². The molecule has 0 aromatic carbocycles. The molecule has 0 saturated carbocycles. The van der Waals surface area contributed by atoms with Crippen molar-refractivity contribution in [1.29, 1.82) is 0 Å². The molecule has 3 aliphatic rings. The van der Waals surface area contributed by atoms with Crippen LogP contribution >= 0.6 is 16.6 Å². The van der Waals surface area contributed by atoms with Crippen LogP contribution in [0, 0.1) is 0 Å². The Hall–Kier alpha value is -0.400. The highest BCUT2D eigenvalue weighted by Crippen LogP contribution is 2.64. The maximum absolute atomic E-state index is 11.7. The first-order valence-electron chi connectivity index (χ1n) is 6.22. The zero-order valence-corrected chi connectivity index (χ0v) is 12.4. The molecule has 0 unspecified atom stereocenters. The number of rotatable bonds is 4. The summed E-state index contributed by atoms with van der Waals surface area (Å²) in [5.41, 5.74) is 0. The molecule has 1 atom stereocenters. The lowest BCUT2D eigenvalue weighted by molar-refractivity contribution is -0.134. The summed E-state index contributed by atoms with van der Waals surface area (Å²) in [5, 5.41) is 5.55. The number of amides is 1. The molecule has 1 amide bonds. The van der Waals surface area contributed by atoms with Crippen LogP contribution in [0.5, 0.6) is 0 Å². The highest BCUT2D eigenvalue weighted by molar-refractivity contribution is 7.60. The summed E-state index contributed by atoms with van der Waals surface area (Å²) in [6, 6.07) is -0.578. The molecule has 3 aliphatic heterocycles. The number of nitrogens with one attached hydrogen (secondary N) is 2. The summed E-state index contributed by atoms with van der Waals surface area (Å²) in [5.74, 6) is -0.660. The van der Waals surface area contributed by atoms with Crippen molar-refractivity contribution < 1.29 is 32.2 Å². The third-order valence-electron chi connectivity index (χ3n) is 2.79. The zero-order valence-electron chi connectivity index (χ0n) is 10.6. The molecule has 3 rings (SSSR count). The van der Waals surface area contributed by atoms with Crippen molar-refractivity contribution in [2.24, 2.45) is 0 Å². The number of hydrogen-bond donors (Lipinski definition) is 2. The van der Waals surface area contributed by atoms with E-state index < -0.39 is 28.6 Å². The lowest BCUT2D eigenvalue weighted by Gasteiger charge is -2.09. The third kappa shape index (κ3) is 3.26. The van der Waals surface area contributed by atoms with Crippen LogP contribution in [-0.4, -0.2) is 44.3 Å². The van der Waals surface area contributed by atoms with E-state index >= 15 is 0 Å². The van der Waals surface area contributed by atoms with E-state index in [1.165, 1.54) is 0 Å². The first-order chi connectivity index (χ1) is 9.67. The minimum atomic E-state index is -2.68. The summed E-state index contributed by atoms with van der Waals surface area (Å²) in [6.07, 6.45) is 0.473. The Morgan fingerprint density at radius 2 is 2.00 bits per heavy atom. The van der Waals surface area contributed by atoms with Gasteiger partial charge in [0.1, 0.15) is 13.2 Å². The molecule has 20 heavy (non-hydrogen) atoms. The van der Waals surface area contributed by atoms with Crippen molar-refractivity contribution in [3.63, 3.8) is 0 Å².